The first-order chi connectivity index (χ1) is 8.24. The summed E-state index contributed by atoms with van der Waals surface area (Å²) < 4.78 is 10.8. The first-order valence-corrected chi connectivity index (χ1v) is 6.24. The van der Waals surface area contributed by atoms with E-state index >= 15 is 0 Å². The summed E-state index contributed by atoms with van der Waals surface area (Å²) in [4.78, 5) is 2.40. The van der Waals surface area contributed by atoms with Crippen LogP contribution in [0.3, 0.4) is 0 Å². The number of nitrogens with two attached hydrogens (primary N) is 1. The van der Waals surface area contributed by atoms with Gasteiger partial charge in [0.25, 0.3) is 0 Å². The van der Waals surface area contributed by atoms with E-state index in [-0.39, 0.29) is 5.54 Å². The van der Waals surface area contributed by atoms with Crippen molar-refractivity contribution in [3.63, 3.8) is 0 Å². The number of methoxy groups -OCH3 is 1. The predicted octanol–water partition coefficient (Wildman–Crippen LogP) is 1.61. The Hall–Kier alpha value is -0.840. The maximum atomic E-state index is 5.96. The Morgan fingerprint density at radius 1 is 1.59 bits per heavy atom. The van der Waals surface area contributed by atoms with E-state index < -0.39 is 0 Å². The summed E-state index contributed by atoms with van der Waals surface area (Å²) in [5, 5.41) is 0. The van der Waals surface area contributed by atoms with Crippen LogP contribution in [-0.4, -0.2) is 36.7 Å². The van der Waals surface area contributed by atoms with Crippen molar-refractivity contribution in [2.45, 2.75) is 38.0 Å². The molecule has 0 radical (unpaired) electrons. The van der Waals surface area contributed by atoms with Crippen molar-refractivity contribution in [1.29, 1.82) is 0 Å². The van der Waals surface area contributed by atoms with Gasteiger partial charge in [-0.3, -0.25) is 4.90 Å². The van der Waals surface area contributed by atoms with Crippen molar-refractivity contribution >= 4 is 0 Å². The van der Waals surface area contributed by atoms with E-state index in [9.17, 15) is 0 Å². The largest absolute Gasteiger partial charge is 0.468 e. The van der Waals surface area contributed by atoms with E-state index in [1.807, 2.05) is 12.1 Å². The van der Waals surface area contributed by atoms with Crippen molar-refractivity contribution in [3.05, 3.63) is 24.2 Å². The summed E-state index contributed by atoms with van der Waals surface area (Å²) in [7, 11) is 1.77. The standard InChI is InChI=1S/C13H22N2O2/c1-3-15(9-11-5-4-6-17-11)13(10-14)7-12(8-13)16-2/h4-6,12H,3,7-10,14H2,1-2H3. The third-order valence-corrected chi connectivity index (χ3v) is 3.91. The molecule has 1 aromatic heterocycles. The lowest BCUT2D eigenvalue weighted by Crippen LogP contribution is -2.63. The van der Waals surface area contributed by atoms with Gasteiger partial charge in [0.05, 0.1) is 18.9 Å². The molecule has 2 rings (SSSR count). The van der Waals surface area contributed by atoms with E-state index in [2.05, 4.69) is 11.8 Å². The van der Waals surface area contributed by atoms with E-state index in [0.717, 1.165) is 31.7 Å². The van der Waals surface area contributed by atoms with Crippen LogP contribution < -0.4 is 5.73 Å². The molecule has 0 aliphatic heterocycles. The first-order valence-electron chi connectivity index (χ1n) is 6.24. The maximum absolute atomic E-state index is 5.96. The molecule has 1 heterocycles. The van der Waals surface area contributed by atoms with E-state index in [0.29, 0.717) is 12.6 Å². The molecule has 4 heteroatoms. The smallest absolute Gasteiger partial charge is 0.117 e. The Kier molecular flexibility index (Phi) is 3.86. The SMILES string of the molecule is CCN(Cc1ccco1)C1(CN)CC(OC)C1. The van der Waals surface area contributed by atoms with Crippen LogP contribution in [0.25, 0.3) is 0 Å². The van der Waals surface area contributed by atoms with Gasteiger partial charge in [-0.1, -0.05) is 6.92 Å². The van der Waals surface area contributed by atoms with Crippen molar-refractivity contribution in [1.82, 2.24) is 4.90 Å². The molecule has 1 aliphatic rings. The minimum Gasteiger partial charge on any atom is -0.468 e. The molecular weight excluding hydrogens is 216 g/mol. The third kappa shape index (κ3) is 2.39. The summed E-state index contributed by atoms with van der Waals surface area (Å²) in [6.07, 6.45) is 4.13. The molecule has 4 nitrogen and oxygen atoms in total. The molecule has 0 atom stereocenters. The number of furan rings is 1. The van der Waals surface area contributed by atoms with Gasteiger partial charge in [0, 0.05) is 19.2 Å². The van der Waals surface area contributed by atoms with Gasteiger partial charge < -0.3 is 14.9 Å². The van der Waals surface area contributed by atoms with E-state index in [4.69, 9.17) is 14.9 Å². The molecule has 0 aromatic carbocycles. The Morgan fingerprint density at radius 3 is 2.82 bits per heavy atom. The number of hydrogen-bond donors (Lipinski definition) is 1. The van der Waals surface area contributed by atoms with E-state index in [1.54, 1.807) is 13.4 Å². The lowest BCUT2D eigenvalue weighted by Gasteiger charge is -2.53. The molecule has 17 heavy (non-hydrogen) atoms. The number of rotatable bonds is 6. The van der Waals surface area contributed by atoms with Gasteiger partial charge in [0.1, 0.15) is 5.76 Å². The Balaban J connectivity index is 2.01. The second-order valence-corrected chi connectivity index (χ2v) is 4.79. The summed E-state index contributed by atoms with van der Waals surface area (Å²) in [5.74, 6) is 1.00. The molecule has 1 fully saturated rings. The monoisotopic (exact) mass is 238 g/mol. The molecule has 0 unspecified atom stereocenters. The van der Waals surface area contributed by atoms with Crippen LogP contribution in [0, 0.1) is 0 Å². The Bertz CT molecular complexity index is 331. The van der Waals surface area contributed by atoms with Crippen LogP contribution >= 0.6 is 0 Å². The molecule has 0 spiro atoms. The van der Waals surface area contributed by atoms with Crippen molar-refractivity contribution in [2.24, 2.45) is 5.73 Å². The van der Waals surface area contributed by atoms with Crippen molar-refractivity contribution < 1.29 is 9.15 Å². The zero-order chi connectivity index (χ0) is 12.3. The summed E-state index contributed by atoms with van der Waals surface area (Å²) >= 11 is 0. The zero-order valence-corrected chi connectivity index (χ0v) is 10.7. The topological polar surface area (TPSA) is 51.6 Å². The molecule has 1 aromatic rings. The van der Waals surface area contributed by atoms with Gasteiger partial charge in [-0.25, -0.2) is 0 Å². The highest BCUT2D eigenvalue weighted by atomic mass is 16.5. The predicted molar refractivity (Wildman–Crippen MR) is 66.6 cm³/mol. The molecule has 96 valence electrons. The van der Waals surface area contributed by atoms with Gasteiger partial charge in [-0.15, -0.1) is 0 Å². The molecule has 0 saturated heterocycles. The summed E-state index contributed by atoms with van der Waals surface area (Å²) in [5.41, 5.74) is 6.06. The highest BCUT2D eigenvalue weighted by Gasteiger charge is 2.47. The van der Waals surface area contributed by atoms with Crippen molar-refractivity contribution in [2.75, 3.05) is 20.2 Å². The van der Waals surface area contributed by atoms with Gasteiger partial charge in [-0.2, -0.15) is 0 Å². The van der Waals surface area contributed by atoms with Gasteiger partial charge in [0.2, 0.25) is 0 Å². The number of likely N-dealkylation sites (N-methyl/N-ethyl adjacent to an activating group) is 1. The lowest BCUT2D eigenvalue weighted by molar-refractivity contribution is -0.0905. The minimum absolute atomic E-state index is 0.0994. The Morgan fingerprint density at radius 2 is 2.35 bits per heavy atom. The average molecular weight is 238 g/mol. The van der Waals surface area contributed by atoms with Crippen molar-refractivity contribution in [3.8, 4) is 0 Å². The quantitative estimate of drug-likeness (QED) is 0.818. The number of nitrogens with zero attached hydrogens (tertiary/aromatic N) is 1. The van der Waals surface area contributed by atoms with Crippen LogP contribution in [0.1, 0.15) is 25.5 Å². The van der Waals surface area contributed by atoms with Crippen LogP contribution in [0.15, 0.2) is 22.8 Å². The van der Waals surface area contributed by atoms with Crippen LogP contribution in [0.4, 0.5) is 0 Å². The van der Waals surface area contributed by atoms with E-state index in [1.165, 1.54) is 0 Å². The first kappa shape index (κ1) is 12.6. The van der Waals surface area contributed by atoms with Gasteiger partial charge in [0.15, 0.2) is 0 Å². The third-order valence-electron chi connectivity index (χ3n) is 3.91. The molecular formula is C13H22N2O2. The van der Waals surface area contributed by atoms with Gasteiger partial charge in [-0.05, 0) is 31.5 Å². The highest BCUT2D eigenvalue weighted by Crippen LogP contribution is 2.39. The highest BCUT2D eigenvalue weighted by molar-refractivity contribution is 5.07. The second-order valence-electron chi connectivity index (χ2n) is 4.79. The van der Waals surface area contributed by atoms with Gasteiger partial charge >= 0.3 is 0 Å². The maximum Gasteiger partial charge on any atom is 0.117 e. The fourth-order valence-corrected chi connectivity index (χ4v) is 2.71. The fraction of sp³-hybridized carbons (Fsp3) is 0.692. The lowest BCUT2D eigenvalue weighted by atomic mass is 9.72. The Labute approximate surface area is 103 Å². The van der Waals surface area contributed by atoms with Crippen LogP contribution in [0.2, 0.25) is 0 Å². The molecule has 1 saturated carbocycles. The zero-order valence-electron chi connectivity index (χ0n) is 10.7. The molecule has 0 amide bonds. The molecule has 0 bridgehead atoms. The number of hydrogen-bond acceptors (Lipinski definition) is 4. The molecule has 2 N–H and O–H groups in total. The molecule has 1 aliphatic carbocycles. The van der Waals surface area contributed by atoms with Crippen LogP contribution in [0.5, 0.6) is 0 Å². The second kappa shape index (κ2) is 5.21. The minimum atomic E-state index is 0.0994. The number of ether oxygens (including phenoxy) is 1. The van der Waals surface area contributed by atoms with Crippen LogP contribution in [-0.2, 0) is 11.3 Å². The average Bonchev–Trinajstić information content (AvgIpc) is 2.80. The normalized spacial score (nSPS) is 28.4. The fourth-order valence-electron chi connectivity index (χ4n) is 2.71. The summed E-state index contributed by atoms with van der Waals surface area (Å²) in [6.45, 7) is 4.66. The summed E-state index contributed by atoms with van der Waals surface area (Å²) in [6, 6.07) is 3.94.